The molecule has 1 N–H and O–H groups in total. The summed E-state index contributed by atoms with van der Waals surface area (Å²) in [7, 11) is 0. The minimum absolute atomic E-state index is 0.0163. The maximum atomic E-state index is 12.7. The fraction of sp³-hybridized carbons (Fsp3) is 0.556. The number of carbonyl (C=O) groups excluding carboxylic acids is 2. The number of halogens is 1. The Kier molecular flexibility index (Phi) is 6.63. The minimum Gasteiger partial charge on any atom is -0.344 e. The van der Waals surface area contributed by atoms with E-state index in [0.29, 0.717) is 13.1 Å². The van der Waals surface area contributed by atoms with Crippen molar-refractivity contribution in [2.45, 2.75) is 33.4 Å². The second kappa shape index (κ2) is 8.49. The van der Waals surface area contributed by atoms with Crippen LogP contribution in [-0.4, -0.2) is 53.8 Å². The normalized spacial score (nSPS) is 17.0. The number of nitrogens with one attached hydrogen (secondary N) is 1. The number of rotatable bonds is 5. The van der Waals surface area contributed by atoms with Gasteiger partial charge in [-0.3, -0.25) is 14.5 Å². The largest absolute Gasteiger partial charge is 0.344 e. The van der Waals surface area contributed by atoms with Gasteiger partial charge in [0.25, 0.3) is 0 Å². The zero-order chi connectivity index (χ0) is 17.7. The Labute approximate surface area is 149 Å². The molecule has 1 aromatic carbocycles. The van der Waals surface area contributed by atoms with E-state index in [9.17, 15) is 9.59 Å². The number of piperazine rings is 1. The van der Waals surface area contributed by atoms with Crippen LogP contribution in [-0.2, 0) is 16.1 Å². The number of nitrogens with zero attached hydrogens (tertiary/aromatic N) is 2. The van der Waals surface area contributed by atoms with E-state index in [1.807, 2.05) is 36.9 Å². The first-order valence-electron chi connectivity index (χ1n) is 8.39. The molecule has 1 aliphatic heterocycles. The number of hydrogen-bond acceptors (Lipinski definition) is 3. The van der Waals surface area contributed by atoms with Crippen molar-refractivity contribution in [2.75, 3.05) is 26.2 Å². The molecule has 5 nitrogen and oxygen atoms in total. The molecule has 0 aromatic heterocycles. The van der Waals surface area contributed by atoms with Gasteiger partial charge < -0.3 is 10.2 Å². The highest BCUT2D eigenvalue weighted by molar-refractivity contribution is 6.30. The van der Waals surface area contributed by atoms with Gasteiger partial charge in [-0.05, 0) is 23.6 Å². The van der Waals surface area contributed by atoms with Crippen LogP contribution >= 0.6 is 11.6 Å². The zero-order valence-electron chi connectivity index (χ0n) is 14.6. The van der Waals surface area contributed by atoms with Gasteiger partial charge in [-0.15, -0.1) is 0 Å². The summed E-state index contributed by atoms with van der Waals surface area (Å²) in [6.45, 7) is 9.20. The smallest absolute Gasteiger partial charge is 0.245 e. The van der Waals surface area contributed by atoms with Gasteiger partial charge >= 0.3 is 0 Å². The van der Waals surface area contributed by atoms with Crippen molar-refractivity contribution in [3.05, 3.63) is 34.9 Å². The first kappa shape index (κ1) is 18.7. The number of carbonyl (C=O) groups is 2. The molecule has 0 spiro atoms. The van der Waals surface area contributed by atoms with Gasteiger partial charge in [0, 0.05) is 44.7 Å². The molecule has 1 atom stereocenters. The third-order valence-electron chi connectivity index (χ3n) is 4.27. The lowest BCUT2D eigenvalue weighted by atomic mass is 10.0. The quantitative estimate of drug-likeness (QED) is 0.884. The van der Waals surface area contributed by atoms with Crippen molar-refractivity contribution in [1.29, 1.82) is 0 Å². The first-order valence-corrected chi connectivity index (χ1v) is 8.77. The van der Waals surface area contributed by atoms with E-state index in [1.165, 1.54) is 12.5 Å². The van der Waals surface area contributed by atoms with Crippen molar-refractivity contribution < 1.29 is 9.59 Å². The molecule has 0 saturated carbocycles. The van der Waals surface area contributed by atoms with Crippen LogP contribution in [0.4, 0.5) is 0 Å². The van der Waals surface area contributed by atoms with Crippen molar-refractivity contribution >= 4 is 23.4 Å². The molecule has 6 heteroatoms. The topological polar surface area (TPSA) is 52.7 Å². The van der Waals surface area contributed by atoms with Gasteiger partial charge in [0.2, 0.25) is 11.8 Å². The Morgan fingerprint density at radius 3 is 2.42 bits per heavy atom. The molecule has 0 aliphatic carbocycles. The Bertz CT molecular complexity index is 583. The summed E-state index contributed by atoms with van der Waals surface area (Å²) < 4.78 is 0. The molecule has 1 aromatic rings. The van der Waals surface area contributed by atoms with Gasteiger partial charge in [0.05, 0.1) is 0 Å². The fourth-order valence-electron chi connectivity index (χ4n) is 2.95. The van der Waals surface area contributed by atoms with E-state index in [4.69, 9.17) is 11.6 Å². The standard InChI is InChI=1S/C18H26ClN3O2/c1-13(2)17(20-14(3)23)18(24)22-9-7-21(8-10-22)12-15-5-4-6-16(19)11-15/h4-6,11,13,17H,7-10,12H2,1-3H3,(H,20,23)/t17-/m0/s1. The second-order valence-corrected chi connectivity index (χ2v) is 7.09. The van der Waals surface area contributed by atoms with Gasteiger partial charge in [-0.1, -0.05) is 37.6 Å². The lowest BCUT2D eigenvalue weighted by Crippen LogP contribution is -2.56. The molecule has 1 saturated heterocycles. The molecule has 0 radical (unpaired) electrons. The van der Waals surface area contributed by atoms with Gasteiger partial charge in [-0.25, -0.2) is 0 Å². The van der Waals surface area contributed by atoms with E-state index in [-0.39, 0.29) is 17.7 Å². The third kappa shape index (κ3) is 5.21. The monoisotopic (exact) mass is 351 g/mol. The van der Waals surface area contributed by atoms with Gasteiger partial charge in [0.1, 0.15) is 6.04 Å². The lowest BCUT2D eigenvalue weighted by molar-refractivity contribution is -0.138. The molecule has 2 rings (SSSR count). The maximum Gasteiger partial charge on any atom is 0.245 e. The molecule has 1 heterocycles. The highest BCUT2D eigenvalue weighted by Gasteiger charge is 2.29. The fourth-order valence-corrected chi connectivity index (χ4v) is 3.16. The Morgan fingerprint density at radius 2 is 1.88 bits per heavy atom. The number of hydrogen-bond donors (Lipinski definition) is 1. The lowest BCUT2D eigenvalue weighted by Gasteiger charge is -2.37. The summed E-state index contributed by atoms with van der Waals surface area (Å²) in [5, 5.41) is 3.52. The second-order valence-electron chi connectivity index (χ2n) is 6.65. The van der Waals surface area contributed by atoms with Crippen molar-refractivity contribution in [3.63, 3.8) is 0 Å². The average molecular weight is 352 g/mol. The van der Waals surface area contributed by atoms with Crippen LogP contribution in [0.25, 0.3) is 0 Å². The molecular weight excluding hydrogens is 326 g/mol. The minimum atomic E-state index is -0.443. The van der Waals surface area contributed by atoms with Crippen LogP contribution in [0.2, 0.25) is 5.02 Å². The molecule has 0 bridgehead atoms. The predicted octanol–water partition coefficient (Wildman–Crippen LogP) is 2.14. The first-order chi connectivity index (χ1) is 11.4. The number of benzene rings is 1. The molecule has 1 fully saturated rings. The summed E-state index contributed by atoms with van der Waals surface area (Å²) in [5.41, 5.74) is 1.18. The van der Waals surface area contributed by atoms with E-state index >= 15 is 0 Å². The van der Waals surface area contributed by atoms with Crippen LogP contribution in [0, 0.1) is 5.92 Å². The maximum absolute atomic E-state index is 12.7. The molecule has 1 aliphatic rings. The van der Waals surface area contributed by atoms with Crippen molar-refractivity contribution in [3.8, 4) is 0 Å². The van der Waals surface area contributed by atoms with Crippen molar-refractivity contribution in [1.82, 2.24) is 15.1 Å². The summed E-state index contributed by atoms with van der Waals surface area (Å²) in [6.07, 6.45) is 0. The average Bonchev–Trinajstić information content (AvgIpc) is 2.52. The molecule has 0 unspecified atom stereocenters. The summed E-state index contributed by atoms with van der Waals surface area (Å²) >= 11 is 6.03. The Balaban J connectivity index is 1.89. The molecular formula is C18H26ClN3O2. The van der Waals surface area contributed by atoms with Crippen molar-refractivity contribution in [2.24, 2.45) is 5.92 Å². The van der Waals surface area contributed by atoms with Gasteiger partial charge in [-0.2, -0.15) is 0 Å². The summed E-state index contributed by atoms with van der Waals surface area (Å²) in [5.74, 6) is -0.0739. The van der Waals surface area contributed by atoms with E-state index in [1.54, 1.807) is 0 Å². The Hall–Kier alpha value is -1.59. The molecule has 24 heavy (non-hydrogen) atoms. The zero-order valence-corrected chi connectivity index (χ0v) is 15.3. The number of amides is 2. The highest BCUT2D eigenvalue weighted by Crippen LogP contribution is 2.15. The third-order valence-corrected chi connectivity index (χ3v) is 4.51. The van der Waals surface area contributed by atoms with Crippen LogP contribution in [0.1, 0.15) is 26.3 Å². The summed E-state index contributed by atoms with van der Waals surface area (Å²) in [6, 6.07) is 7.43. The SMILES string of the molecule is CC(=O)N[C@H](C(=O)N1CCN(Cc2cccc(Cl)c2)CC1)C(C)C. The predicted molar refractivity (Wildman–Crippen MR) is 95.8 cm³/mol. The van der Waals surface area contributed by atoms with E-state index in [2.05, 4.69) is 16.3 Å². The highest BCUT2D eigenvalue weighted by atomic mass is 35.5. The van der Waals surface area contributed by atoms with Crippen LogP contribution in [0.5, 0.6) is 0 Å². The van der Waals surface area contributed by atoms with Gasteiger partial charge in [0.15, 0.2) is 0 Å². The van der Waals surface area contributed by atoms with Crippen LogP contribution in [0.15, 0.2) is 24.3 Å². The molecule has 2 amide bonds. The van der Waals surface area contributed by atoms with Crippen LogP contribution in [0.3, 0.4) is 0 Å². The molecule has 132 valence electrons. The van der Waals surface area contributed by atoms with E-state index in [0.717, 1.165) is 24.7 Å². The summed E-state index contributed by atoms with van der Waals surface area (Å²) in [4.78, 5) is 28.2. The van der Waals surface area contributed by atoms with Crippen LogP contribution < -0.4 is 5.32 Å². The van der Waals surface area contributed by atoms with E-state index < -0.39 is 6.04 Å². The Morgan fingerprint density at radius 1 is 1.21 bits per heavy atom.